The fourth-order valence-electron chi connectivity index (χ4n) is 2.08. The van der Waals surface area contributed by atoms with E-state index in [1.54, 1.807) is 25.2 Å². The molecule has 0 bridgehead atoms. The Morgan fingerprint density at radius 1 is 0.950 bits per heavy atom. The highest BCUT2D eigenvalue weighted by atomic mass is 19.4. The van der Waals surface area contributed by atoms with Crippen LogP contribution in [0, 0.1) is 5.82 Å². The lowest BCUT2D eigenvalue weighted by atomic mass is 9.97. The summed E-state index contributed by atoms with van der Waals surface area (Å²) in [7, 11) is 1.63. The fourth-order valence-corrected chi connectivity index (χ4v) is 2.08. The summed E-state index contributed by atoms with van der Waals surface area (Å²) >= 11 is 0. The van der Waals surface area contributed by atoms with Crippen molar-refractivity contribution in [3.8, 4) is 0 Å². The maximum Gasteiger partial charge on any atom is 0.416 e. The molecule has 0 aliphatic rings. The number of alkyl halides is 3. The molecule has 0 aliphatic heterocycles. The summed E-state index contributed by atoms with van der Waals surface area (Å²) in [5.74, 6) is -0.397. The van der Waals surface area contributed by atoms with Gasteiger partial charge < -0.3 is 5.32 Å². The third-order valence-corrected chi connectivity index (χ3v) is 3.08. The van der Waals surface area contributed by atoms with Crippen molar-refractivity contribution in [2.75, 3.05) is 7.05 Å². The first kappa shape index (κ1) is 14.5. The van der Waals surface area contributed by atoms with Crippen molar-refractivity contribution in [3.63, 3.8) is 0 Å². The van der Waals surface area contributed by atoms with Gasteiger partial charge >= 0.3 is 6.18 Å². The van der Waals surface area contributed by atoms with E-state index in [4.69, 9.17) is 0 Å². The van der Waals surface area contributed by atoms with Gasteiger partial charge in [0.25, 0.3) is 0 Å². The Labute approximate surface area is 114 Å². The van der Waals surface area contributed by atoms with Crippen LogP contribution in [0.5, 0.6) is 0 Å². The predicted octanol–water partition coefficient (Wildman–Crippen LogP) is 4.15. The minimum Gasteiger partial charge on any atom is -0.309 e. The average molecular weight is 283 g/mol. The molecular formula is C15H13F4N. The van der Waals surface area contributed by atoms with E-state index in [2.05, 4.69) is 5.32 Å². The molecule has 0 spiro atoms. The summed E-state index contributed by atoms with van der Waals surface area (Å²) in [4.78, 5) is 0. The van der Waals surface area contributed by atoms with Gasteiger partial charge in [-0.05, 0) is 30.8 Å². The Hall–Kier alpha value is -1.88. The van der Waals surface area contributed by atoms with Gasteiger partial charge in [-0.2, -0.15) is 13.2 Å². The highest BCUT2D eigenvalue weighted by Gasteiger charge is 2.30. The van der Waals surface area contributed by atoms with Gasteiger partial charge in [0.15, 0.2) is 0 Å². The normalized spacial score (nSPS) is 13.2. The quantitative estimate of drug-likeness (QED) is 0.834. The monoisotopic (exact) mass is 283 g/mol. The molecule has 0 saturated carbocycles. The van der Waals surface area contributed by atoms with Gasteiger partial charge in [-0.1, -0.05) is 30.3 Å². The van der Waals surface area contributed by atoms with Crippen molar-refractivity contribution in [1.29, 1.82) is 0 Å². The number of halogens is 4. The van der Waals surface area contributed by atoms with Gasteiger partial charge in [0.1, 0.15) is 5.82 Å². The van der Waals surface area contributed by atoms with Crippen molar-refractivity contribution in [1.82, 2.24) is 5.32 Å². The van der Waals surface area contributed by atoms with Crippen molar-refractivity contribution >= 4 is 0 Å². The highest BCUT2D eigenvalue weighted by Crippen LogP contribution is 2.31. The van der Waals surface area contributed by atoms with Crippen LogP contribution in [0.3, 0.4) is 0 Å². The van der Waals surface area contributed by atoms with Gasteiger partial charge in [-0.15, -0.1) is 0 Å². The zero-order valence-electron chi connectivity index (χ0n) is 10.7. The van der Waals surface area contributed by atoms with Crippen molar-refractivity contribution in [2.24, 2.45) is 0 Å². The van der Waals surface area contributed by atoms with Crippen LogP contribution >= 0.6 is 0 Å². The molecule has 2 aromatic rings. The van der Waals surface area contributed by atoms with Gasteiger partial charge in [-0.3, -0.25) is 0 Å². The van der Waals surface area contributed by atoms with Crippen LogP contribution in [0.25, 0.3) is 0 Å². The molecule has 0 fully saturated rings. The first-order valence-electron chi connectivity index (χ1n) is 6.02. The first-order valence-corrected chi connectivity index (χ1v) is 6.02. The van der Waals surface area contributed by atoms with Crippen LogP contribution in [-0.4, -0.2) is 7.05 Å². The maximum atomic E-state index is 13.8. The molecule has 0 amide bonds. The zero-order chi connectivity index (χ0) is 14.8. The molecule has 1 atom stereocenters. The molecule has 1 N–H and O–H groups in total. The molecule has 0 radical (unpaired) electrons. The number of hydrogen-bond acceptors (Lipinski definition) is 1. The van der Waals surface area contributed by atoms with Gasteiger partial charge in [0, 0.05) is 5.56 Å². The average Bonchev–Trinajstić information content (AvgIpc) is 2.41. The lowest BCUT2D eigenvalue weighted by molar-refractivity contribution is -0.137. The molecular weight excluding hydrogens is 270 g/mol. The Balaban J connectivity index is 2.36. The topological polar surface area (TPSA) is 12.0 Å². The third kappa shape index (κ3) is 2.99. The molecule has 0 aliphatic carbocycles. The van der Waals surface area contributed by atoms with E-state index in [0.717, 1.165) is 12.1 Å². The van der Waals surface area contributed by atoms with Gasteiger partial charge in [-0.25, -0.2) is 4.39 Å². The lowest BCUT2D eigenvalue weighted by Gasteiger charge is -2.18. The predicted molar refractivity (Wildman–Crippen MR) is 68.7 cm³/mol. The minimum absolute atomic E-state index is 0.397. The fraction of sp³-hybridized carbons (Fsp3) is 0.200. The Morgan fingerprint density at radius 2 is 1.55 bits per heavy atom. The van der Waals surface area contributed by atoms with E-state index in [-0.39, 0.29) is 0 Å². The molecule has 1 unspecified atom stereocenters. The second-order valence-corrected chi connectivity index (χ2v) is 4.36. The molecule has 1 nitrogen and oxygen atoms in total. The number of benzene rings is 2. The number of hydrogen-bond donors (Lipinski definition) is 1. The molecule has 0 heterocycles. The summed E-state index contributed by atoms with van der Waals surface area (Å²) in [5, 5.41) is 2.91. The maximum absolute atomic E-state index is 13.8. The largest absolute Gasteiger partial charge is 0.416 e. The molecule has 2 aromatic carbocycles. The lowest BCUT2D eigenvalue weighted by Crippen LogP contribution is -2.19. The Bertz CT molecular complexity index is 575. The van der Waals surface area contributed by atoms with Crippen molar-refractivity contribution in [2.45, 2.75) is 12.2 Å². The smallest absolute Gasteiger partial charge is 0.309 e. The third-order valence-electron chi connectivity index (χ3n) is 3.08. The van der Waals surface area contributed by atoms with E-state index >= 15 is 0 Å². The van der Waals surface area contributed by atoms with Crippen molar-refractivity contribution < 1.29 is 17.6 Å². The van der Waals surface area contributed by atoms with Crippen LogP contribution < -0.4 is 5.32 Å². The molecule has 0 saturated heterocycles. The minimum atomic E-state index is -4.37. The first-order chi connectivity index (χ1) is 9.43. The summed E-state index contributed by atoms with van der Waals surface area (Å²) in [6.07, 6.45) is -4.37. The molecule has 20 heavy (non-hydrogen) atoms. The summed E-state index contributed by atoms with van der Waals surface area (Å²) < 4.78 is 51.3. The van der Waals surface area contributed by atoms with Gasteiger partial charge in [0.2, 0.25) is 0 Å². The standard InChI is InChI=1S/C15H13F4N/c1-20-14(12-4-2-3-5-13(12)16)10-6-8-11(9-7-10)15(17,18)19/h2-9,14,20H,1H3. The number of rotatable bonds is 3. The van der Waals surface area contributed by atoms with Crippen LogP contribution in [0.1, 0.15) is 22.7 Å². The van der Waals surface area contributed by atoms with Crippen LogP contribution in [0.2, 0.25) is 0 Å². The molecule has 5 heteroatoms. The van der Waals surface area contributed by atoms with Gasteiger partial charge in [0.05, 0.1) is 11.6 Å². The zero-order valence-corrected chi connectivity index (χ0v) is 10.7. The number of nitrogens with one attached hydrogen (secondary N) is 1. The SMILES string of the molecule is CNC(c1ccc(C(F)(F)F)cc1)c1ccccc1F. The summed E-state index contributed by atoms with van der Waals surface area (Å²) in [5.41, 5.74) is 0.255. The second-order valence-electron chi connectivity index (χ2n) is 4.36. The van der Waals surface area contributed by atoms with E-state index < -0.39 is 23.6 Å². The molecule has 0 aromatic heterocycles. The summed E-state index contributed by atoms with van der Waals surface area (Å²) in [6.45, 7) is 0. The van der Waals surface area contributed by atoms with Crippen LogP contribution in [0.15, 0.2) is 48.5 Å². The van der Waals surface area contributed by atoms with Crippen molar-refractivity contribution in [3.05, 3.63) is 71.0 Å². The van der Waals surface area contributed by atoms with E-state index in [1.807, 2.05) is 0 Å². The second kappa shape index (κ2) is 5.63. The Morgan fingerprint density at radius 3 is 2.05 bits per heavy atom. The summed E-state index contributed by atoms with van der Waals surface area (Å²) in [6, 6.07) is 10.4. The van der Waals surface area contributed by atoms with E-state index in [9.17, 15) is 17.6 Å². The Kier molecular flexibility index (Phi) is 4.09. The molecule has 106 valence electrons. The highest BCUT2D eigenvalue weighted by molar-refractivity contribution is 5.34. The van der Waals surface area contributed by atoms with Crippen LogP contribution in [0.4, 0.5) is 17.6 Å². The molecule has 2 rings (SSSR count). The van der Waals surface area contributed by atoms with E-state index in [1.165, 1.54) is 18.2 Å². The van der Waals surface area contributed by atoms with Crippen LogP contribution in [-0.2, 0) is 6.18 Å². The van der Waals surface area contributed by atoms with E-state index in [0.29, 0.717) is 11.1 Å².